The highest BCUT2D eigenvalue weighted by molar-refractivity contribution is 5.84. The van der Waals surface area contributed by atoms with E-state index >= 15 is 0 Å². The number of benzene rings is 1. The monoisotopic (exact) mass is 286 g/mol. The van der Waals surface area contributed by atoms with Gasteiger partial charge in [0.2, 0.25) is 5.91 Å². The molecule has 2 saturated heterocycles. The Hall–Kier alpha value is -1.35. The topological polar surface area (TPSA) is 32.3 Å². The van der Waals surface area contributed by atoms with E-state index in [4.69, 9.17) is 0 Å². The zero-order chi connectivity index (χ0) is 15.0. The molecule has 2 aliphatic rings. The van der Waals surface area contributed by atoms with Crippen molar-refractivity contribution < 1.29 is 4.79 Å². The molecule has 0 aliphatic carbocycles. The molecule has 21 heavy (non-hydrogen) atoms. The van der Waals surface area contributed by atoms with Gasteiger partial charge in [0.15, 0.2) is 0 Å². The number of fused-ring (bicyclic) bond motifs is 1. The lowest BCUT2D eigenvalue weighted by Crippen LogP contribution is -2.49. The van der Waals surface area contributed by atoms with Gasteiger partial charge in [-0.15, -0.1) is 0 Å². The molecule has 1 aromatic rings. The summed E-state index contributed by atoms with van der Waals surface area (Å²) < 4.78 is 0. The fraction of sp³-hybridized carbons (Fsp3) is 0.611. The number of nitrogens with zero attached hydrogens (tertiary/aromatic N) is 1. The maximum absolute atomic E-state index is 13.1. The summed E-state index contributed by atoms with van der Waals surface area (Å²) in [7, 11) is 0. The number of rotatable bonds is 3. The van der Waals surface area contributed by atoms with Crippen LogP contribution in [0.15, 0.2) is 30.3 Å². The van der Waals surface area contributed by atoms with Gasteiger partial charge in [-0.25, -0.2) is 0 Å². The predicted octanol–water partition coefficient (Wildman–Crippen LogP) is 2.64. The first kappa shape index (κ1) is 14.6. The van der Waals surface area contributed by atoms with Gasteiger partial charge in [-0.3, -0.25) is 4.79 Å². The summed E-state index contributed by atoms with van der Waals surface area (Å²) in [6.45, 7) is 9.60. The quantitative estimate of drug-likeness (QED) is 0.926. The second kappa shape index (κ2) is 5.45. The van der Waals surface area contributed by atoms with Crippen molar-refractivity contribution in [3.8, 4) is 0 Å². The average molecular weight is 286 g/mol. The summed E-state index contributed by atoms with van der Waals surface area (Å²) >= 11 is 0. The Bertz CT molecular complexity index is 511. The molecule has 1 aromatic carbocycles. The third kappa shape index (κ3) is 2.38. The van der Waals surface area contributed by atoms with Gasteiger partial charge in [0.05, 0.1) is 5.92 Å². The first-order valence-corrected chi connectivity index (χ1v) is 8.12. The minimum absolute atomic E-state index is 0.00254. The van der Waals surface area contributed by atoms with E-state index in [2.05, 4.69) is 43.1 Å². The van der Waals surface area contributed by atoms with Crippen LogP contribution in [0.1, 0.15) is 38.7 Å². The van der Waals surface area contributed by atoms with E-state index in [1.807, 2.05) is 18.2 Å². The molecule has 1 N–H and O–H groups in total. The van der Waals surface area contributed by atoms with Crippen molar-refractivity contribution in [3.05, 3.63) is 35.9 Å². The Morgan fingerprint density at radius 3 is 2.67 bits per heavy atom. The SMILES string of the molecule is CCC(C(=O)N1CC2CNCC2C1(C)C)c1ccccc1. The van der Waals surface area contributed by atoms with Crippen LogP contribution in [0, 0.1) is 11.8 Å². The van der Waals surface area contributed by atoms with Crippen molar-refractivity contribution in [1.29, 1.82) is 0 Å². The van der Waals surface area contributed by atoms with Crippen LogP contribution in [0.5, 0.6) is 0 Å². The number of carbonyl (C=O) groups excluding carboxylic acids is 1. The Balaban J connectivity index is 1.84. The molecule has 0 saturated carbocycles. The number of likely N-dealkylation sites (tertiary alicyclic amines) is 1. The Labute approximate surface area is 127 Å². The number of hydrogen-bond acceptors (Lipinski definition) is 2. The molecule has 3 nitrogen and oxygen atoms in total. The van der Waals surface area contributed by atoms with Gasteiger partial charge >= 0.3 is 0 Å². The summed E-state index contributed by atoms with van der Waals surface area (Å²) in [6, 6.07) is 10.2. The first-order chi connectivity index (χ1) is 10.1. The molecule has 0 radical (unpaired) electrons. The number of carbonyl (C=O) groups is 1. The minimum atomic E-state index is -0.0343. The fourth-order valence-electron chi connectivity index (χ4n) is 4.22. The zero-order valence-corrected chi connectivity index (χ0v) is 13.3. The summed E-state index contributed by atoms with van der Waals surface area (Å²) in [5.74, 6) is 1.52. The van der Waals surface area contributed by atoms with Crippen molar-refractivity contribution in [3.63, 3.8) is 0 Å². The molecule has 2 aliphatic heterocycles. The molecular weight excluding hydrogens is 260 g/mol. The third-order valence-electron chi connectivity index (χ3n) is 5.53. The normalized spacial score (nSPS) is 28.4. The van der Waals surface area contributed by atoms with Crippen molar-refractivity contribution in [1.82, 2.24) is 10.2 Å². The molecule has 0 bridgehead atoms. The standard InChI is InChI=1S/C18H26N2O/c1-4-15(13-8-6-5-7-9-13)17(21)20-12-14-10-19-11-16(14)18(20,2)3/h5-9,14-16,19H,4,10-12H2,1-3H3. The Morgan fingerprint density at radius 2 is 2.05 bits per heavy atom. The molecule has 0 aromatic heterocycles. The van der Waals surface area contributed by atoms with Crippen LogP contribution in [0.25, 0.3) is 0 Å². The van der Waals surface area contributed by atoms with Gasteiger partial charge in [0.25, 0.3) is 0 Å². The van der Waals surface area contributed by atoms with E-state index in [0.717, 1.165) is 31.6 Å². The van der Waals surface area contributed by atoms with Crippen molar-refractivity contribution in [2.45, 2.75) is 38.6 Å². The molecule has 2 heterocycles. The molecule has 3 heteroatoms. The molecule has 3 unspecified atom stereocenters. The smallest absolute Gasteiger partial charge is 0.230 e. The van der Waals surface area contributed by atoms with Crippen LogP contribution in [-0.2, 0) is 4.79 Å². The number of amides is 1. The second-order valence-electron chi connectivity index (χ2n) is 7.00. The number of hydrogen-bond donors (Lipinski definition) is 1. The first-order valence-electron chi connectivity index (χ1n) is 8.12. The highest BCUT2D eigenvalue weighted by Gasteiger charge is 2.52. The van der Waals surface area contributed by atoms with E-state index in [0.29, 0.717) is 17.7 Å². The highest BCUT2D eigenvalue weighted by atomic mass is 16.2. The van der Waals surface area contributed by atoms with Crippen LogP contribution < -0.4 is 5.32 Å². The second-order valence-corrected chi connectivity index (χ2v) is 7.00. The molecule has 0 spiro atoms. The maximum Gasteiger partial charge on any atom is 0.230 e. The summed E-state index contributed by atoms with van der Waals surface area (Å²) in [4.78, 5) is 15.3. The average Bonchev–Trinajstić information content (AvgIpc) is 3.03. The zero-order valence-electron chi connectivity index (χ0n) is 13.3. The number of nitrogens with one attached hydrogen (secondary N) is 1. The Morgan fingerprint density at radius 1 is 1.33 bits per heavy atom. The van der Waals surface area contributed by atoms with Crippen molar-refractivity contribution in [2.24, 2.45) is 11.8 Å². The lowest BCUT2D eigenvalue weighted by atomic mass is 9.84. The largest absolute Gasteiger partial charge is 0.336 e. The van der Waals surface area contributed by atoms with Crippen LogP contribution >= 0.6 is 0 Å². The van der Waals surface area contributed by atoms with Crippen molar-refractivity contribution >= 4 is 5.91 Å². The van der Waals surface area contributed by atoms with Gasteiger partial charge in [-0.05, 0) is 37.7 Å². The molecule has 114 valence electrons. The van der Waals surface area contributed by atoms with Crippen LogP contribution in [0.3, 0.4) is 0 Å². The van der Waals surface area contributed by atoms with Gasteiger partial charge in [-0.1, -0.05) is 37.3 Å². The van der Waals surface area contributed by atoms with Crippen molar-refractivity contribution in [2.75, 3.05) is 19.6 Å². The van der Waals surface area contributed by atoms with E-state index in [1.165, 1.54) is 0 Å². The summed E-state index contributed by atoms with van der Waals surface area (Å²) in [5, 5.41) is 3.48. The van der Waals surface area contributed by atoms with Gasteiger partial charge in [0, 0.05) is 25.2 Å². The summed E-state index contributed by atoms with van der Waals surface area (Å²) in [5.41, 5.74) is 1.11. The molecule has 3 rings (SSSR count). The predicted molar refractivity (Wildman–Crippen MR) is 85.1 cm³/mol. The molecular formula is C18H26N2O. The lowest BCUT2D eigenvalue weighted by molar-refractivity contribution is -0.136. The Kier molecular flexibility index (Phi) is 3.78. The van der Waals surface area contributed by atoms with E-state index in [-0.39, 0.29) is 11.5 Å². The van der Waals surface area contributed by atoms with Crippen LogP contribution in [0.2, 0.25) is 0 Å². The third-order valence-corrected chi connectivity index (χ3v) is 5.53. The fourth-order valence-corrected chi connectivity index (χ4v) is 4.22. The minimum Gasteiger partial charge on any atom is -0.336 e. The lowest BCUT2D eigenvalue weighted by Gasteiger charge is -2.37. The molecule has 1 amide bonds. The van der Waals surface area contributed by atoms with Gasteiger partial charge in [0.1, 0.15) is 0 Å². The van der Waals surface area contributed by atoms with E-state index < -0.39 is 0 Å². The van der Waals surface area contributed by atoms with Crippen LogP contribution in [-0.4, -0.2) is 36.0 Å². The molecule has 3 atom stereocenters. The molecule has 2 fully saturated rings. The van der Waals surface area contributed by atoms with E-state index in [1.54, 1.807) is 0 Å². The van der Waals surface area contributed by atoms with Gasteiger partial charge < -0.3 is 10.2 Å². The maximum atomic E-state index is 13.1. The van der Waals surface area contributed by atoms with Crippen LogP contribution in [0.4, 0.5) is 0 Å². The highest BCUT2D eigenvalue weighted by Crippen LogP contribution is 2.42. The summed E-state index contributed by atoms with van der Waals surface area (Å²) in [6.07, 6.45) is 0.864. The van der Waals surface area contributed by atoms with Gasteiger partial charge in [-0.2, -0.15) is 0 Å². The van der Waals surface area contributed by atoms with E-state index in [9.17, 15) is 4.79 Å².